The minimum absolute atomic E-state index is 0.00301. The van der Waals surface area contributed by atoms with Gasteiger partial charge in [-0.2, -0.15) is 10.2 Å². The van der Waals surface area contributed by atoms with Gasteiger partial charge in [-0.15, -0.1) is 0 Å². The van der Waals surface area contributed by atoms with Gasteiger partial charge in [-0.3, -0.25) is 10.8 Å². The third-order valence-corrected chi connectivity index (χ3v) is 6.74. The molecule has 2 aromatic carbocycles. The van der Waals surface area contributed by atoms with E-state index in [-0.39, 0.29) is 18.0 Å². The molecule has 0 radical (unpaired) electrons. The Labute approximate surface area is 212 Å². The van der Waals surface area contributed by atoms with Gasteiger partial charge in [-0.25, -0.2) is 18.5 Å². The Morgan fingerprint density at radius 3 is 2.68 bits per heavy atom. The number of aliphatic imine (C=N–C) groups is 1. The molecule has 1 unspecified atom stereocenters. The molecule has 1 saturated heterocycles. The molecule has 6 rings (SSSR count). The second-order valence-electron chi connectivity index (χ2n) is 9.41. The van der Waals surface area contributed by atoms with Crippen molar-refractivity contribution in [1.82, 2.24) is 25.3 Å². The zero-order chi connectivity index (χ0) is 25.4. The number of H-pyrrole nitrogens is 1. The molecule has 190 valence electrons. The number of benzene rings is 2. The quantitative estimate of drug-likeness (QED) is 0.284. The van der Waals surface area contributed by atoms with Crippen molar-refractivity contribution in [3.05, 3.63) is 83.6 Å². The minimum atomic E-state index is -1.41. The van der Waals surface area contributed by atoms with E-state index < -0.39 is 17.4 Å². The summed E-state index contributed by atoms with van der Waals surface area (Å²) >= 11 is 0. The van der Waals surface area contributed by atoms with Crippen molar-refractivity contribution in [2.45, 2.75) is 31.1 Å². The maximum absolute atomic E-state index is 14.6. The lowest BCUT2D eigenvalue weighted by Crippen LogP contribution is -2.52. The Bertz CT molecular complexity index is 1440. The molecule has 0 aliphatic carbocycles. The highest BCUT2D eigenvalue weighted by Crippen LogP contribution is 2.33. The highest BCUT2D eigenvalue weighted by atomic mass is 19.1. The molecule has 1 atom stereocenters. The predicted octanol–water partition coefficient (Wildman–Crippen LogP) is 3.62. The van der Waals surface area contributed by atoms with Crippen LogP contribution in [-0.2, 0) is 6.42 Å². The number of rotatable bonds is 5. The number of nitrogens with one attached hydrogen (secondary N) is 4. The van der Waals surface area contributed by atoms with E-state index in [1.54, 1.807) is 6.20 Å². The summed E-state index contributed by atoms with van der Waals surface area (Å²) < 4.78 is 30.0. The van der Waals surface area contributed by atoms with Crippen molar-refractivity contribution >= 4 is 17.5 Å². The second-order valence-corrected chi connectivity index (χ2v) is 9.41. The smallest absolute Gasteiger partial charge is 0.189 e. The maximum Gasteiger partial charge on any atom is 0.189 e. The second kappa shape index (κ2) is 9.41. The summed E-state index contributed by atoms with van der Waals surface area (Å²) in [6.45, 7) is 1.78. The van der Waals surface area contributed by atoms with Crippen LogP contribution in [0.2, 0.25) is 0 Å². The fourth-order valence-electron chi connectivity index (χ4n) is 4.89. The summed E-state index contributed by atoms with van der Waals surface area (Å²) in [7, 11) is 0. The number of hydrogen-bond acceptors (Lipinski definition) is 7. The fraction of sp³-hybridized carbons (Fsp3) is 0.269. The molecule has 4 aromatic rings. The van der Waals surface area contributed by atoms with E-state index in [0.29, 0.717) is 17.5 Å². The van der Waals surface area contributed by atoms with Gasteiger partial charge in [0.25, 0.3) is 0 Å². The number of hydrogen-bond donors (Lipinski definition) is 5. The van der Waals surface area contributed by atoms with Gasteiger partial charge >= 0.3 is 0 Å². The van der Waals surface area contributed by atoms with Crippen LogP contribution in [0, 0.1) is 11.6 Å². The number of nitrogens with two attached hydrogens (primary N) is 1. The van der Waals surface area contributed by atoms with Crippen LogP contribution >= 0.6 is 0 Å². The Hall–Kier alpha value is -4.09. The summed E-state index contributed by atoms with van der Waals surface area (Å²) in [6, 6.07) is 15.4. The lowest BCUT2D eigenvalue weighted by Gasteiger charge is -2.34. The van der Waals surface area contributed by atoms with Crippen molar-refractivity contribution in [2.75, 3.05) is 23.7 Å². The fourth-order valence-corrected chi connectivity index (χ4v) is 4.89. The summed E-state index contributed by atoms with van der Waals surface area (Å²) in [5, 5.41) is 22.0. The number of fused-ring (bicyclic) bond motifs is 1. The van der Waals surface area contributed by atoms with Gasteiger partial charge < -0.3 is 16.0 Å². The third kappa shape index (κ3) is 4.70. The first-order valence-electron chi connectivity index (χ1n) is 12.2. The molecule has 2 aliphatic rings. The lowest BCUT2D eigenvalue weighted by molar-refractivity contribution is 0.342. The van der Waals surface area contributed by atoms with E-state index in [9.17, 15) is 8.78 Å². The molecule has 2 aromatic heterocycles. The first-order valence-corrected chi connectivity index (χ1v) is 12.2. The monoisotopic (exact) mass is 503 g/mol. The predicted molar refractivity (Wildman–Crippen MR) is 138 cm³/mol. The molecular formula is C26H27F2N9. The van der Waals surface area contributed by atoms with Gasteiger partial charge in [-0.1, -0.05) is 36.4 Å². The molecule has 11 heteroatoms. The van der Waals surface area contributed by atoms with E-state index in [0.717, 1.165) is 48.8 Å². The zero-order valence-corrected chi connectivity index (χ0v) is 20.0. The lowest BCUT2D eigenvalue weighted by atomic mass is 10.0. The van der Waals surface area contributed by atoms with Crippen LogP contribution in [0.15, 0.2) is 65.8 Å². The number of aromatic amines is 1. The largest absolute Gasteiger partial charge is 0.333 e. The van der Waals surface area contributed by atoms with Crippen LogP contribution in [-0.4, -0.2) is 44.7 Å². The van der Waals surface area contributed by atoms with E-state index in [1.165, 1.54) is 12.1 Å². The topological polar surface area (TPSA) is 121 Å². The Balaban J connectivity index is 1.36. The number of amidine groups is 1. The molecular weight excluding hydrogens is 476 g/mol. The number of piperidine rings is 1. The molecule has 0 bridgehead atoms. The van der Waals surface area contributed by atoms with E-state index >= 15 is 0 Å². The molecule has 0 amide bonds. The number of nitrogens with zero attached hydrogens (tertiary/aromatic N) is 4. The van der Waals surface area contributed by atoms with Gasteiger partial charge in [0, 0.05) is 18.6 Å². The van der Waals surface area contributed by atoms with Gasteiger partial charge in [0.05, 0.1) is 23.5 Å². The normalized spacial score (nSPS) is 19.7. The van der Waals surface area contributed by atoms with Gasteiger partial charge in [0.2, 0.25) is 0 Å². The van der Waals surface area contributed by atoms with Crippen molar-refractivity contribution in [3.63, 3.8) is 0 Å². The van der Waals surface area contributed by atoms with Crippen molar-refractivity contribution in [2.24, 2.45) is 10.7 Å². The average molecular weight is 504 g/mol. The zero-order valence-electron chi connectivity index (χ0n) is 20.0. The summed E-state index contributed by atoms with van der Waals surface area (Å²) in [4.78, 5) is 4.74. The van der Waals surface area contributed by atoms with Crippen LogP contribution < -0.4 is 21.7 Å². The third-order valence-electron chi connectivity index (χ3n) is 6.74. The minimum Gasteiger partial charge on any atom is -0.333 e. The van der Waals surface area contributed by atoms with Crippen LogP contribution in [0.3, 0.4) is 0 Å². The van der Waals surface area contributed by atoms with Gasteiger partial charge in [-0.05, 0) is 43.1 Å². The van der Waals surface area contributed by atoms with E-state index in [2.05, 4.69) is 31.2 Å². The molecule has 1 fully saturated rings. The molecule has 6 N–H and O–H groups in total. The van der Waals surface area contributed by atoms with Crippen LogP contribution in [0.25, 0.3) is 11.3 Å². The van der Waals surface area contributed by atoms with E-state index in [4.69, 9.17) is 10.7 Å². The molecule has 37 heavy (non-hydrogen) atoms. The van der Waals surface area contributed by atoms with Crippen molar-refractivity contribution < 1.29 is 8.78 Å². The first kappa shape index (κ1) is 23.3. The van der Waals surface area contributed by atoms with Crippen molar-refractivity contribution in [3.8, 4) is 11.3 Å². The Morgan fingerprint density at radius 1 is 1.08 bits per heavy atom. The van der Waals surface area contributed by atoms with E-state index in [1.807, 2.05) is 41.1 Å². The molecule has 0 spiro atoms. The number of aromatic nitrogens is 4. The standard InChI is InChI=1S/C26H27F2N9/c27-18-7-6-17(21(28)12-18)14-26(29)33-24(32-23-13-22(35-36-23)16-4-2-1-3-5-16)20-15-31-37(25(20)34-26)19-8-10-30-11-9-19/h1-7,12-13,15,19,30,34H,8-11,14,29H2,(H2,32,33,35,36). The molecule has 9 nitrogen and oxygen atoms in total. The van der Waals surface area contributed by atoms with Crippen LogP contribution in [0.4, 0.5) is 20.4 Å². The van der Waals surface area contributed by atoms with Crippen molar-refractivity contribution in [1.29, 1.82) is 0 Å². The van der Waals surface area contributed by atoms with Gasteiger partial charge in [0.15, 0.2) is 11.6 Å². The summed E-state index contributed by atoms with van der Waals surface area (Å²) in [5.74, 6) is -1.01. The average Bonchev–Trinajstić information content (AvgIpc) is 3.54. The van der Waals surface area contributed by atoms with Crippen LogP contribution in [0.1, 0.15) is 30.0 Å². The first-order chi connectivity index (χ1) is 18.0. The van der Waals surface area contributed by atoms with Crippen LogP contribution in [0.5, 0.6) is 0 Å². The Morgan fingerprint density at radius 2 is 1.89 bits per heavy atom. The highest BCUT2D eigenvalue weighted by Gasteiger charge is 2.36. The number of halogens is 2. The highest BCUT2D eigenvalue weighted by molar-refractivity contribution is 6.12. The SMILES string of the molecule is NC1(Cc2ccc(F)cc2F)N=C(Nc2cc(-c3ccccc3)[nH]n2)c2cnn(C3CCNCC3)c2N1. The molecule has 4 heterocycles. The number of anilines is 2. The summed E-state index contributed by atoms with van der Waals surface area (Å²) in [6.07, 6.45) is 3.58. The summed E-state index contributed by atoms with van der Waals surface area (Å²) in [5.41, 5.74) is 9.56. The maximum atomic E-state index is 14.6. The van der Waals surface area contributed by atoms with Gasteiger partial charge in [0.1, 0.15) is 23.3 Å². The molecule has 0 saturated carbocycles. The molecule has 2 aliphatic heterocycles. The Kier molecular flexibility index (Phi) is 5.93.